The lowest BCUT2D eigenvalue weighted by Crippen LogP contribution is -2.60. The Kier molecular flexibility index (Phi) is 3.27. The first-order valence-corrected chi connectivity index (χ1v) is 7.62. The van der Waals surface area contributed by atoms with Gasteiger partial charge in [0.2, 0.25) is 10.0 Å². The Morgan fingerprint density at radius 1 is 1.50 bits per heavy atom. The molecule has 0 saturated carbocycles. The van der Waals surface area contributed by atoms with Gasteiger partial charge in [-0.3, -0.25) is 0 Å². The normalized spacial score (nSPS) is 31.0. The maximum atomic E-state index is 11.4. The molecule has 0 aromatic carbocycles. The lowest BCUT2D eigenvalue weighted by Gasteiger charge is -2.42. The van der Waals surface area contributed by atoms with Gasteiger partial charge in [-0.25, -0.2) is 12.7 Å². The quantitative estimate of drug-likeness (QED) is 0.698. The van der Waals surface area contributed by atoms with E-state index in [1.54, 1.807) is 0 Å². The van der Waals surface area contributed by atoms with Crippen LogP contribution in [0.15, 0.2) is 0 Å². The van der Waals surface area contributed by atoms with Crippen LogP contribution in [0, 0.1) is 5.92 Å². The number of β-amino-alcohol motifs (C(OH)–C–C–N with tert-alkyl or cyclic N) is 1. The average molecular weight is 248 g/mol. The van der Waals surface area contributed by atoms with E-state index in [-0.39, 0.29) is 0 Å². The molecule has 16 heavy (non-hydrogen) atoms. The largest absolute Gasteiger partial charge is 0.387 e. The molecule has 5 nitrogen and oxygen atoms in total. The summed E-state index contributed by atoms with van der Waals surface area (Å²) in [6.07, 6.45) is 3.90. The smallest absolute Gasteiger partial charge is 0.211 e. The molecule has 2 N–H and O–H groups in total. The van der Waals surface area contributed by atoms with Crippen molar-refractivity contribution < 1.29 is 13.5 Å². The number of nitrogens with zero attached hydrogens (tertiary/aromatic N) is 1. The Hall–Kier alpha value is -0.170. The molecule has 0 amide bonds. The number of nitrogens with one attached hydrogen (secondary N) is 1. The zero-order valence-corrected chi connectivity index (χ0v) is 10.5. The summed E-state index contributed by atoms with van der Waals surface area (Å²) in [4.78, 5) is 0. The third kappa shape index (κ3) is 2.74. The molecule has 2 aliphatic heterocycles. The van der Waals surface area contributed by atoms with Crippen LogP contribution in [0.3, 0.4) is 0 Å². The fourth-order valence-corrected chi connectivity index (χ4v) is 3.53. The zero-order chi connectivity index (χ0) is 11.8. The molecule has 2 aliphatic rings. The summed E-state index contributed by atoms with van der Waals surface area (Å²) >= 11 is 0. The second-order valence-corrected chi connectivity index (χ2v) is 7.14. The molecular formula is C10H20N2O3S. The summed E-state index contributed by atoms with van der Waals surface area (Å²) in [5.41, 5.74) is -0.592. The fraction of sp³-hybridized carbons (Fsp3) is 1.00. The van der Waals surface area contributed by atoms with Crippen LogP contribution >= 0.6 is 0 Å². The van der Waals surface area contributed by atoms with Crippen molar-refractivity contribution in [3.05, 3.63) is 0 Å². The molecular weight excluding hydrogens is 228 g/mol. The molecule has 0 aromatic rings. The Morgan fingerprint density at radius 3 is 2.69 bits per heavy atom. The number of rotatable bonds is 3. The first kappa shape index (κ1) is 12.3. The van der Waals surface area contributed by atoms with Crippen LogP contribution in [-0.4, -0.2) is 55.9 Å². The van der Waals surface area contributed by atoms with Gasteiger partial charge in [-0.1, -0.05) is 0 Å². The van der Waals surface area contributed by atoms with Crippen LogP contribution in [0.2, 0.25) is 0 Å². The third-order valence-electron chi connectivity index (χ3n) is 3.53. The summed E-state index contributed by atoms with van der Waals surface area (Å²) in [6, 6.07) is 0. The van der Waals surface area contributed by atoms with Crippen molar-refractivity contribution in [1.82, 2.24) is 9.62 Å². The summed E-state index contributed by atoms with van der Waals surface area (Å²) < 4.78 is 24.4. The summed E-state index contributed by atoms with van der Waals surface area (Å²) in [5.74, 6) is 0.301. The maximum Gasteiger partial charge on any atom is 0.211 e. The van der Waals surface area contributed by atoms with Crippen molar-refractivity contribution >= 4 is 10.0 Å². The lowest BCUT2D eigenvalue weighted by atomic mass is 9.83. The molecule has 1 atom stereocenters. The van der Waals surface area contributed by atoms with Crippen LogP contribution in [-0.2, 0) is 10.0 Å². The van der Waals surface area contributed by atoms with Gasteiger partial charge in [0.15, 0.2) is 0 Å². The Labute approximate surface area is 96.9 Å². The van der Waals surface area contributed by atoms with Crippen LogP contribution in [0.5, 0.6) is 0 Å². The monoisotopic (exact) mass is 248 g/mol. The molecule has 1 unspecified atom stereocenters. The van der Waals surface area contributed by atoms with Gasteiger partial charge in [0.05, 0.1) is 11.9 Å². The topological polar surface area (TPSA) is 69.6 Å². The highest BCUT2D eigenvalue weighted by Crippen LogP contribution is 2.28. The van der Waals surface area contributed by atoms with Gasteiger partial charge >= 0.3 is 0 Å². The zero-order valence-electron chi connectivity index (χ0n) is 9.65. The molecule has 0 aromatic heterocycles. The van der Waals surface area contributed by atoms with Crippen molar-refractivity contribution in [2.24, 2.45) is 5.92 Å². The highest BCUT2D eigenvalue weighted by atomic mass is 32.2. The predicted octanol–water partition coefficient (Wildman–Crippen LogP) is -0.618. The molecule has 2 fully saturated rings. The summed E-state index contributed by atoms with van der Waals surface area (Å²) in [5, 5.41) is 13.1. The van der Waals surface area contributed by atoms with Crippen molar-refractivity contribution in [3.63, 3.8) is 0 Å². The van der Waals surface area contributed by atoms with Gasteiger partial charge < -0.3 is 10.4 Å². The third-order valence-corrected chi connectivity index (χ3v) is 4.80. The minimum Gasteiger partial charge on any atom is -0.387 e. The number of aliphatic hydroxyl groups is 1. The highest BCUT2D eigenvalue weighted by molar-refractivity contribution is 7.88. The molecule has 0 spiro atoms. The van der Waals surface area contributed by atoms with E-state index in [1.165, 1.54) is 10.6 Å². The van der Waals surface area contributed by atoms with E-state index in [1.807, 2.05) is 0 Å². The van der Waals surface area contributed by atoms with Crippen molar-refractivity contribution in [3.8, 4) is 0 Å². The molecule has 0 bridgehead atoms. The Bertz CT molecular complexity index is 351. The SMILES string of the molecule is CS(=O)(=O)N1CCCC(CC2(O)CNC2)C1. The minimum absolute atomic E-state index is 0.301. The first-order chi connectivity index (χ1) is 7.39. The molecule has 94 valence electrons. The van der Waals surface area contributed by atoms with Gasteiger partial charge in [-0.2, -0.15) is 0 Å². The van der Waals surface area contributed by atoms with Gasteiger partial charge in [0, 0.05) is 26.2 Å². The average Bonchev–Trinajstić information content (AvgIpc) is 2.14. The van der Waals surface area contributed by atoms with E-state index in [4.69, 9.17) is 0 Å². The molecule has 0 radical (unpaired) electrons. The molecule has 2 heterocycles. The van der Waals surface area contributed by atoms with Crippen LogP contribution < -0.4 is 5.32 Å². The van der Waals surface area contributed by atoms with E-state index in [0.717, 1.165) is 12.8 Å². The minimum atomic E-state index is -3.07. The number of piperidine rings is 1. The number of sulfonamides is 1. The Balaban J connectivity index is 1.92. The maximum absolute atomic E-state index is 11.4. The van der Waals surface area contributed by atoms with E-state index in [2.05, 4.69) is 5.32 Å². The second-order valence-electron chi connectivity index (χ2n) is 5.16. The summed E-state index contributed by atoms with van der Waals surface area (Å²) in [7, 11) is -3.07. The van der Waals surface area contributed by atoms with E-state index in [0.29, 0.717) is 38.5 Å². The number of hydrogen-bond acceptors (Lipinski definition) is 4. The molecule has 2 saturated heterocycles. The van der Waals surface area contributed by atoms with Crippen LogP contribution in [0.1, 0.15) is 19.3 Å². The summed E-state index contributed by atoms with van der Waals surface area (Å²) in [6.45, 7) is 2.48. The van der Waals surface area contributed by atoms with Crippen molar-refractivity contribution in [2.75, 3.05) is 32.4 Å². The van der Waals surface area contributed by atoms with Crippen molar-refractivity contribution in [1.29, 1.82) is 0 Å². The van der Waals surface area contributed by atoms with Crippen LogP contribution in [0.25, 0.3) is 0 Å². The van der Waals surface area contributed by atoms with Gasteiger partial charge in [0.25, 0.3) is 0 Å². The standard InChI is InChI=1S/C10H20N2O3S/c1-16(14,15)12-4-2-3-9(6-12)5-10(13)7-11-8-10/h9,11,13H,2-8H2,1H3. The predicted molar refractivity (Wildman–Crippen MR) is 61.6 cm³/mol. The Morgan fingerprint density at radius 2 is 2.19 bits per heavy atom. The van der Waals surface area contributed by atoms with Crippen molar-refractivity contribution in [2.45, 2.75) is 24.9 Å². The fourth-order valence-electron chi connectivity index (χ4n) is 2.59. The van der Waals surface area contributed by atoms with E-state index < -0.39 is 15.6 Å². The molecule has 2 rings (SSSR count). The van der Waals surface area contributed by atoms with Gasteiger partial charge in [-0.15, -0.1) is 0 Å². The van der Waals surface area contributed by atoms with Gasteiger partial charge in [-0.05, 0) is 25.2 Å². The van der Waals surface area contributed by atoms with Crippen LogP contribution in [0.4, 0.5) is 0 Å². The van der Waals surface area contributed by atoms with E-state index in [9.17, 15) is 13.5 Å². The van der Waals surface area contributed by atoms with Gasteiger partial charge in [0.1, 0.15) is 0 Å². The molecule has 6 heteroatoms. The highest BCUT2D eigenvalue weighted by Gasteiger charge is 2.38. The molecule has 0 aliphatic carbocycles. The number of hydrogen-bond donors (Lipinski definition) is 2. The first-order valence-electron chi connectivity index (χ1n) is 5.77. The van der Waals surface area contributed by atoms with E-state index >= 15 is 0 Å². The second kappa shape index (κ2) is 4.25. The lowest BCUT2D eigenvalue weighted by molar-refractivity contribution is -0.0354.